The van der Waals surface area contributed by atoms with E-state index in [-0.39, 0.29) is 5.75 Å². The molecule has 0 fully saturated rings. The normalized spacial score (nSPS) is 8.72. The Morgan fingerprint density at radius 2 is 1.17 bits per heavy atom. The Labute approximate surface area is 115 Å². The molecule has 0 aromatic heterocycles. The summed E-state index contributed by atoms with van der Waals surface area (Å²) in [5.41, 5.74) is 1.76. The molecule has 0 aliphatic rings. The lowest BCUT2D eigenvalue weighted by Crippen LogP contribution is -1.73. The third-order valence-electron chi connectivity index (χ3n) is 2.19. The molecular weight excluding hydrogens is 288 g/mol. The van der Waals surface area contributed by atoms with Gasteiger partial charge in [-0.1, -0.05) is 27.8 Å². The first kappa shape index (κ1) is 12.3. The molecule has 2 rings (SSSR count). The molecule has 2 heteroatoms. The van der Waals surface area contributed by atoms with Gasteiger partial charge in [0.15, 0.2) is 0 Å². The summed E-state index contributed by atoms with van der Waals surface area (Å²) in [6, 6.07) is 14.5. The Morgan fingerprint density at radius 1 is 0.722 bits per heavy atom. The fourth-order valence-corrected chi connectivity index (χ4v) is 1.55. The summed E-state index contributed by atoms with van der Waals surface area (Å²) in [5.74, 6) is 11.7. The third-order valence-corrected chi connectivity index (χ3v) is 2.72. The van der Waals surface area contributed by atoms with Gasteiger partial charge in [0, 0.05) is 15.6 Å². The zero-order chi connectivity index (χ0) is 12.8. The van der Waals surface area contributed by atoms with Gasteiger partial charge in [-0.2, -0.15) is 0 Å². The van der Waals surface area contributed by atoms with Crippen LogP contribution in [0.25, 0.3) is 0 Å². The van der Waals surface area contributed by atoms with Crippen LogP contribution in [-0.2, 0) is 0 Å². The van der Waals surface area contributed by atoms with Gasteiger partial charge in [0.05, 0.1) is 0 Å². The average Bonchev–Trinajstić information content (AvgIpc) is 2.39. The van der Waals surface area contributed by atoms with Gasteiger partial charge in [-0.3, -0.25) is 0 Å². The highest BCUT2D eigenvalue weighted by Crippen LogP contribution is 2.09. The Hall–Kier alpha value is -2.16. The SMILES string of the molecule is Oc1ccc(C#CC#Cc2ccc(Br)cc2)cc1. The quantitative estimate of drug-likeness (QED) is 0.737. The summed E-state index contributed by atoms with van der Waals surface area (Å²) < 4.78 is 1.03. The number of phenols is 1. The smallest absolute Gasteiger partial charge is 0.115 e. The van der Waals surface area contributed by atoms with Crippen molar-refractivity contribution < 1.29 is 5.11 Å². The van der Waals surface area contributed by atoms with Crippen LogP contribution in [-0.4, -0.2) is 5.11 Å². The fourth-order valence-electron chi connectivity index (χ4n) is 1.28. The molecule has 0 saturated carbocycles. The topological polar surface area (TPSA) is 20.2 Å². The van der Waals surface area contributed by atoms with Gasteiger partial charge in [0.1, 0.15) is 5.75 Å². The number of aromatic hydroxyl groups is 1. The second-order valence-corrected chi connectivity index (χ2v) is 4.47. The van der Waals surface area contributed by atoms with Crippen LogP contribution < -0.4 is 0 Å². The summed E-state index contributed by atoms with van der Waals surface area (Å²) in [5, 5.41) is 9.12. The second-order valence-electron chi connectivity index (χ2n) is 3.55. The standard InChI is InChI=1S/C16H9BrO/c17-15-9-5-13(6-10-15)3-1-2-4-14-7-11-16(18)12-8-14/h5-12,18H. The van der Waals surface area contributed by atoms with Crippen LogP contribution in [0.4, 0.5) is 0 Å². The Balaban J connectivity index is 2.09. The molecule has 86 valence electrons. The Kier molecular flexibility index (Phi) is 4.07. The maximum Gasteiger partial charge on any atom is 0.115 e. The van der Waals surface area contributed by atoms with E-state index in [2.05, 4.69) is 39.6 Å². The molecule has 0 heterocycles. The first-order valence-corrected chi connectivity index (χ1v) is 6.10. The number of hydrogen-bond acceptors (Lipinski definition) is 1. The first-order chi connectivity index (χ1) is 8.74. The van der Waals surface area contributed by atoms with Crippen molar-refractivity contribution in [3.05, 3.63) is 64.1 Å². The van der Waals surface area contributed by atoms with E-state index in [9.17, 15) is 0 Å². The van der Waals surface area contributed by atoms with Crippen molar-refractivity contribution in [1.82, 2.24) is 0 Å². The summed E-state index contributed by atoms with van der Waals surface area (Å²) in [6.07, 6.45) is 0. The van der Waals surface area contributed by atoms with Crippen molar-refractivity contribution in [3.63, 3.8) is 0 Å². The minimum Gasteiger partial charge on any atom is -0.508 e. The molecule has 2 aromatic carbocycles. The van der Waals surface area contributed by atoms with Crippen LogP contribution in [0.5, 0.6) is 5.75 Å². The van der Waals surface area contributed by atoms with E-state index in [0.29, 0.717) is 0 Å². The summed E-state index contributed by atoms with van der Waals surface area (Å²) >= 11 is 3.37. The Morgan fingerprint density at radius 3 is 1.67 bits per heavy atom. The van der Waals surface area contributed by atoms with E-state index in [1.165, 1.54) is 0 Å². The number of phenolic OH excluding ortho intramolecular Hbond substituents is 1. The lowest BCUT2D eigenvalue weighted by molar-refractivity contribution is 0.475. The van der Waals surface area contributed by atoms with E-state index in [1.54, 1.807) is 24.3 Å². The highest BCUT2D eigenvalue weighted by Gasteiger charge is 1.87. The van der Waals surface area contributed by atoms with E-state index in [0.717, 1.165) is 15.6 Å². The average molecular weight is 297 g/mol. The van der Waals surface area contributed by atoms with Crippen molar-refractivity contribution in [3.8, 4) is 29.4 Å². The van der Waals surface area contributed by atoms with Crippen molar-refractivity contribution in [2.45, 2.75) is 0 Å². The third kappa shape index (κ3) is 3.70. The fraction of sp³-hybridized carbons (Fsp3) is 0. The molecule has 0 unspecified atom stereocenters. The molecule has 18 heavy (non-hydrogen) atoms. The van der Waals surface area contributed by atoms with Crippen molar-refractivity contribution >= 4 is 15.9 Å². The second kappa shape index (κ2) is 5.96. The maximum atomic E-state index is 9.12. The molecule has 0 saturated heterocycles. The molecule has 0 amide bonds. The summed E-state index contributed by atoms with van der Waals surface area (Å²) in [6.45, 7) is 0. The molecule has 0 aliphatic carbocycles. The largest absolute Gasteiger partial charge is 0.508 e. The van der Waals surface area contributed by atoms with Crippen molar-refractivity contribution in [1.29, 1.82) is 0 Å². The lowest BCUT2D eigenvalue weighted by atomic mass is 10.2. The van der Waals surface area contributed by atoms with Crippen LogP contribution in [0.3, 0.4) is 0 Å². The van der Waals surface area contributed by atoms with Gasteiger partial charge in [-0.25, -0.2) is 0 Å². The highest BCUT2D eigenvalue weighted by molar-refractivity contribution is 9.10. The van der Waals surface area contributed by atoms with Crippen molar-refractivity contribution in [2.75, 3.05) is 0 Å². The van der Waals surface area contributed by atoms with E-state index in [4.69, 9.17) is 5.11 Å². The molecule has 1 nitrogen and oxygen atoms in total. The van der Waals surface area contributed by atoms with Crippen LogP contribution in [0.15, 0.2) is 53.0 Å². The minimum atomic E-state index is 0.237. The van der Waals surface area contributed by atoms with Crippen LogP contribution in [0.1, 0.15) is 11.1 Å². The van der Waals surface area contributed by atoms with Crippen LogP contribution in [0.2, 0.25) is 0 Å². The molecule has 0 atom stereocenters. The molecule has 0 aliphatic heterocycles. The molecule has 0 radical (unpaired) electrons. The first-order valence-electron chi connectivity index (χ1n) is 5.31. The van der Waals surface area contributed by atoms with Gasteiger partial charge in [0.25, 0.3) is 0 Å². The van der Waals surface area contributed by atoms with Gasteiger partial charge in [-0.05, 0) is 60.4 Å². The number of hydrogen-bond donors (Lipinski definition) is 1. The van der Waals surface area contributed by atoms with Gasteiger partial charge >= 0.3 is 0 Å². The van der Waals surface area contributed by atoms with Gasteiger partial charge in [-0.15, -0.1) is 0 Å². The minimum absolute atomic E-state index is 0.237. The maximum absolute atomic E-state index is 9.12. The van der Waals surface area contributed by atoms with E-state index in [1.807, 2.05) is 24.3 Å². The molecule has 1 N–H and O–H groups in total. The number of rotatable bonds is 0. The monoisotopic (exact) mass is 296 g/mol. The molecular formula is C16H9BrO. The van der Waals surface area contributed by atoms with E-state index < -0.39 is 0 Å². The van der Waals surface area contributed by atoms with E-state index >= 15 is 0 Å². The van der Waals surface area contributed by atoms with Crippen LogP contribution in [0, 0.1) is 23.7 Å². The highest BCUT2D eigenvalue weighted by atomic mass is 79.9. The number of benzene rings is 2. The zero-order valence-corrected chi connectivity index (χ0v) is 11.0. The lowest BCUT2D eigenvalue weighted by Gasteiger charge is -1.89. The van der Waals surface area contributed by atoms with Crippen LogP contribution >= 0.6 is 15.9 Å². The predicted molar refractivity (Wildman–Crippen MR) is 76.0 cm³/mol. The molecule has 0 bridgehead atoms. The zero-order valence-electron chi connectivity index (χ0n) is 9.44. The molecule has 2 aromatic rings. The van der Waals surface area contributed by atoms with Gasteiger partial charge < -0.3 is 5.11 Å². The van der Waals surface area contributed by atoms with Crippen molar-refractivity contribution in [2.24, 2.45) is 0 Å². The van der Waals surface area contributed by atoms with Gasteiger partial charge in [0.2, 0.25) is 0 Å². The Bertz CT molecular complexity index is 585. The predicted octanol–water partition coefficient (Wildman–Crippen LogP) is 3.56. The summed E-state index contributed by atoms with van der Waals surface area (Å²) in [4.78, 5) is 0. The summed E-state index contributed by atoms with van der Waals surface area (Å²) in [7, 11) is 0. The number of halogens is 1. The molecule has 0 spiro atoms.